The summed E-state index contributed by atoms with van der Waals surface area (Å²) in [5, 5.41) is 5.68. The molecule has 104 valence electrons. The maximum Gasteiger partial charge on any atom is 0.251 e. The molecule has 0 aromatic heterocycles. The summed E-state index contributed by atoms with van der Waals surface area (Å²) in [5.41, 5.74) is 0.614. The first-order valence-corrected chi connectivity index (χ1v) is 6.80. The van der Waals surface area contributed by atoms with Crippen LogP contribution >= 0.6 is 0 Å². The molecule has 0 aliphatic rings. The van der Waals surface area contributed by atoms with Crippen LogP contribution in [0.15, 0.2) is 30.3 Å². The fourth-order valence-electron chi connectivity index (χ4n) is 1.77. The Kier molecular flexibility index (Phi) is 6.64. The SMILES string of the molecule is CCC(CC)NC(=O)CCNC(=O)c1ccccc1. The van der Waals surface area contributed by atoms with Gasteiger partial charge in [0.1, 0.15) is 0 Å². The number of carbonyl (C=O) groups is 2. The number of benzene rings is 1. The normalized spacial score (nSPS) is 10.3. The highest BCUT2D eigenvalue weighted by Gasteiger charge is 2.09. The van der Waals surface area contributed by atoms with Gasteiger partial charge in [-0.2, -0.15) is 0 Å². The maximum atomic E-state index is 11.7. The van der Waals surface area contributed by atoms with Gasteiger partial charge in [0.05, 0.1) is 0 Å². The molecular weight excluding hydrogens is 240 g/mol. The highest BCUT2D eigenvalue weighted by atomic mass is 16.2. The highest BCUT2D eigenvalue weighted by Crippen LogP contribution is 1.98. The van der Waals surface area contributed by atoms with Crippen molar-refractivity contribution in [1.29, 1.82) is 0 Å². The van der Waals surface area contributed by atoms with E-state index in [0.717, 1.165) is 12.8 Å². The predicted molar refractivity (Wildman–Crippen MR) is 75.9 cm³/mol. The lowest BCUT2D eigenvalue weighted by atomic mass is 10.1. The van der Waals surface area contributed by atoms with E-state index in [1.54, 1.807) is 12.1 Å². The second-order valence-corrected chi connectivity index (χ2v) is 4.45. The minimum Gasteiger partial charge on any atom is -0.353 e. The van der Waals surface area contributed by atoms with Gasteiger partial charge in [-0.05, 0) is 25.0 Å². The zero-order chi connectivity index (χ0) is 14.1. The molecule has 0 radical (unpaired) electrons. The van der Waals surface area contributed by atoms with Gasteiger partial charge >= 0.3 is 0 Å². The van der Waals surface area contributed by atoms with Gasteiger partial charge in [-0.15, -0.1) is 0 Å². The van der Waals surface area contributed by atoms with E-state index in [1.165, 1.54) is 0 Å². The number of hydrogen-bond donors (Lipinski definition) is 2. The summed E-state index contributed by atoms with van der Waals surface area (Å²) >= 11 is 0. The van der Waals surface area contributed by atoms with Crippen LogP contribution in [-0.2, 0) is 4.79 Å². The monoisotopic (exact) mass is 262 g/mol. The van der Waals surface area contributed by atoms with Gasteiger partial charge in [-0.25, -0.2) is 0 Å². The van der Waals surface area contributed by atoms with E-state index in [-0.39, 0.29) is 17.9 Å². The minimum atomic E-state index is -0.143. The first-order valence-electron chi connectivity index (χ1n) is 6.80. The van der Waals surface area contributed by atoms with Crippen LogP contribution in [0.5, 0.6) is 0 Å². The van der Waals surface area contributed by atoms with Crippen LogP contribution in [0.4, 0.5) is 0 Å². The zero-order valence-corrected chi connectivity index (χ0v) is 11.6. The van der Waals surface area contributed by atoms with Crippen LogP contribution in [-0.4, -0.2) is 24.4 Å². The van der Waals surface area contributed by atoms with E-state index < -0.39 is 0 Å². The fraction of sp³-hybridized carbons (Fsp3) is 0.467. The molecule has 0 spiro atoms. The van der Waals surface area contributed by atoms with E-state index >= 15 is 0 Å². The first-order chi connectivity index (χ1) is 9.17. The molecule has 2 N–H and O–H groups in total. The number of nitrogens with one attached hydrogen (secondary N) is 2. The molecule has 19 heavy (non-hydrogen) atoms. The molecule has 0 fully saturated rings. The van der Waals surface area contributed by atoms with E-state index in [1.807, 2.05) is 32.0 Å². The third-order valence-corrected chi connectivity index (χ3v) is 3.02. The summed E-state index contributed by atoms with van der Waals surface area (Å²) in [6, 6.07) is 9.22. The van der Waals surface area contributed by atoms with Gasteiger partial charge in [0.2, 0.25) is 5.91 Å². The summed E-state index contributed by atoms with van der Waals surface area (Å²) in [6.45, 7) is 4.46. The Bertz CT molecular complexity index is 400. The molecule has 2 amide bonds. The topological polar surface area (TPSA) is 58.2 Å². The number of amides is 2. The Morgan fingerprint density at radius 1 is 1.11 bits per heavy atom. The van der Waals surface area contributed by atoms with Crippen molar-refractivity contribution >= 4 is 11.8 Å². The Balaban J connectivity index is 2.27. The quantitative estimate of drug-likeness (QED) is 0.790. The van der Waals surface area contributed by atoms with Gasteiger partial charge in [0.25, 0.3) is 5.91 Å². The van der Waals surface area contributed by atoms with Crippen LogP contribution < -0.4 is 10.6 Å². The summed E-state index contributed by atoms with van der Waals surface area (Å²) in [7, 11) is 0. The third-order valence-electron chi connectivity index (χ3n) is 3.02. The Hall–Kier alpha value is -1.84. The molecule has 0 saturated heterocycles. The summed E-state index contributed by atoms with van der Waals surface area (Å²) in [5.74, 6) is -0.155. The van der Waals surface area contributed by atoms with Crippen LogP contribution in [0.25, 0.3) is 0 Å². The fourth-order valence-corrected chi connectivity index (χ4v) is 1.77. The van der Waals surface area contributed by atoms with Crippen molar-refractivity contribution in [2.24, 2.45) is 0 Å². The van der Waals surface area contributed by atoms with Crippen LogP contribution in [0.1, 0.15) is 43.5 Å². The molecule has 0 heterocycles. The largest absolute Gasteiger partial charge is 0.353 e. The van der Waals surface area contributed by atoms with E-state index in [4.69, 9.17) is 0 Å². The van der Waals surface area contributed by atoms with Crippen molar-refractivity contribution < 1.29 is 9.59 Å². The van der Waals surface area contributed by atoms with Crippen LogP contribution in [0.2, 0.25) is 0 Å². The maximum absolute atomic E-state index is 11.7. The first kappa shape index (κ1) is 15.2. The van der Waals surface area contributed by atoms with E-state index in [2.05, 4.69) is 10.6 Å². The molecule has 0 unspecified atom stereocenters. The smallest absolute Gasteiger partial charge is 0.251 e. The lowest BCUT2D eigenvalue weighted by Gasteiger charge is -2.14. The lowest BCUT2D eigenvalue weighted by molar-refractivity contribution is -0.121. The molecule has 0 bridgehead atoms. The van der Waals surface area contributed by atoms with Crippen LogP contribution in [0, 0.1) is 0 Å². The van der Waals surface area contributed by atoms with E-state index in [9.17, 15) is 9.59 Å². The number of carbonyl (C=O) groups excluding carboxylic acids is 2. The van der Waals surface area contributed by atoms with Gasteiger partial charge in [-0.3, -0.25) is 9.59 Å². The molecule has 4 heteroatoms. The summed E-state index contributed by atoms with van der Waals surface area (Å²) in [6.07, 6.45) is 2.17. The molecule has 1 rings (SSSR count). The second kappa shape index (κ2) is 8.29. The van der Waals surface area contributed by atoms with E-state index in [0.29, 0.717) is 18.5 Å². The summed E-state index contributed by atoms with van der Waals surface area (Å²) in [4.78, 5) is 23.3. The highest BCUT2D eigenvalue weighted by molar-refractivity contribution is 5.94. The van der Waals surface area contributed by atoms with Gasteiger partial charge in [-0.1, -0.05) is 32.0 Å². The third kappa shape index (κ3) is 5.55. The second-order valence-electron chi connectivity index (χ2n) is 4.45. The zero-order valence-electron chi connectivity index (χ0n) is 11.6. The van der Waals surface area contributed by atoms with Gasteiger partial charge in [0, 0.05) is 24.6 Å². The Morgan fingerprint density at radius 2 is 1.74 bits per heavy atom. The van der Waals surface area contributed by atoms with Crippen molar-refractivity contribution in [3.63, 3.8) is 0 Å². The minimum absolute atomic E-state index is 0.0120. The molecule has 0 saturated carbocycles. The van der Waals surface area contributed by atoms with Crippen molar-refractivity contribution in [1.82, 2.24) is 10.6 Å². The number of rotatable bonds is 7. The van der Waals surface area contributed by atoms with Gasteiger partial charge in [0.15, 0.2) is 0 Å². The Morgan fingerprint density at radius 3 is 2.32 bits per heavy atom. The van der Waals surface area contributed by atoms with Crippen molar-refractivity contribution in [3.8, 4) is 0 Å². The molecule has 0 aliphatic carbocycles. The number of hydrogen-bond acceptors (Lipinski definition) is 2. The molecular formula is C15H22N2O2. The van der Waals surface area contributed by atoms with Crippen molar-refractivity contribution in [2.45, 2.75) is 39.2 Å². The average Bonchev–Trinajstić information content (AvgIpc) is 2.45. The van der Waals surface area contributed by atoms with Gasteiger partial charge < -0.3 is 10.6 Å². The molecule has 0 aliphatic heterocycles. The summed E-state index contributed by atoms with van der Waals surface area (Å²) < 4.78 is 0. The average molecular weight is 262 g/mol. The van der Waals surface area contributed by atoms with Crippen LogP contribution in [0.3, 0.4) is 0 Å². The van der Waals surface area contributed by atoms with Crippen molar-refractivity contribution in [2.75, 3.05) is 6.54 Å². The predicted octanol–water partition coefficient (Wildman–Crippen LogP) is 2.11. The van der Waals surface area contributed by atoms with Crippen molar-refractivity contribution in [3.05, 3.63) is 35.9 Å². The Labute approximate surface area is 114 Å². The standard InChI is InChI=1S/C15H22N2O2/c1-3-13(4-2)17-14(18)10-11-16-15(19)12-8-6-5-7-9-12/h5-9,13H,3-4,10-11H2,1-2H3,(H,16,19)(H,17,18). The lowest BCUT2D eigenvalue weighted by Crippen LogP contribution is -2.36. The molecule has 0 atom stereocenters. The molecule has 4 nitrogen and oxygen atoms in total. The molecule has 1 aromatic carbocycles. The molecule has 1 aromatic rings.